The van der Waals surface area contributed by atoms with Gasteiger partial charge in [0.25, 0.3) is 0 Å². The Kier molecular flexibility index (Phi) is 6.50. The molecule has 1 aliphatic rings. The fraction of sp³-hybridized carbons (Fsp3) is 0.350. The van der Waals surface area contributed by atoms with Gasteiger partial charge in [0.1, 0.15) is 12.4 Å². The molecule has 3 rings (SSSR count). The molecule has 1 fully saturated rings. The zero-order valence-electron chi connectivity index (χ0n) is 14.5. The van der Waals surface area contributed by atoms with Crippen LogP contribution in [0.5, 0.6) is 5.75 Å². The third-order valence-electron chi connectivity index (χ3n) is 4.48. The number of hydrogen-bond acceptors (Lipinski definition) is 4. The number of nitrogens with one attached hydrogen (secondary N) is 2. The van der Waals surface area contributed by atoms with E-state index in [4.69, 9.17) is 16.3 Å². The standard InChI is InChI=1S/C20H23ClN2O3/c21-18-7-2-1-5-15(18)13-26-17-6-3-4-14(8-17)9-20(25)23-11-16-10-22-12-19(16)24/h1-8,16,19,22,24H,9-13H2,(H,23,25). The predicted molar refractivity (Wildman–Crippen MR) is 101 cm³/mol. The monoisotopic (exact) mass is 374 g/mol. The van der Waals surface area contributed by atoms with Gasteiger partial charge >= 0.3 is 0 Å². The van der Waals surface area contributed by atoms with Crippen molar-refractivity contribution >= 4 is 17.5 Å². The number of hydrogen-bond donors (Lipinski definition) is 3. The Morgan fingerprint density at radius 1 is 1.23 bits per heavy atom. The average Bonchev–Trinajstić information content (AvgIpc) is 3.05. The highest BCUT2D eigenvalue weighted by atomic mass is 35.5. The molecule has 6 heteroatoms. The van der Waals surface area contributed by atoms with E-state index in [1.54, 1.807) is 0 Å². The Morgan fingerprint density at radius 3 is 2.85 bits per heavy atom. The van der Waals surface area contributed by atoms with Gasteiger partial charge in [-0.2, -0.15) is 0 Å². The third kappa shape index (κ3) is 5.21. The van der Waals surface area contributed by atoms with Crippen LogP contribution in [0.25, 0.3) is 0 Å². The van der Waals surface area contributed by atoms with Gasteiger partial charge in [-0.1, -0.05) is 41.9 Å². The maximum Gasteiger partial charge on any atom is 0.224 e. The number of carbonyl (C=O) groups is 1. The lowest BCUT2D eigenvalue weighted by atomic mass is 10.1. The van der Waals surface area contributed by atoms with Gasteiger partial charge in [0, 0.05) is 36.1 Å². The summed E-state index contributed by atoms with van der Waals surface area (Å²) in [6, 6.07) is 15.0. The second-order valence-electron chi connectivity index (χ2n) is 6.49. The van der Waals surface area contributed by atoms with Crippen molar-refractivity contribution in [2.75, 3.05) is 19.6 Å². The number of ether oxygens (including phenoxy) is 1. The minimum atomic E-state index is -0.392. The van der Waals surface area contributed by atoms with E-state index >= 15 is 0 Å². The molecule has 2 aromatic rings. The van der Waals surface area contributed by atoms with E-state index in [0.29, 0.717) is 30.5 Å². The van der Waals surface area contributed by atoms with Crippen molar-refractivity contribution in [1.29, 1.82) is 0 Å². The maximum atomic E-state index is 12.1. The van der Waals surface area contributed by atoms with Gasteiger partial charge in [0.2, 0.25) is 5.91 Å². The Labute approximate surface area is 158 Å². The highest BCUT2D eigenvalue weighted by Crippen LogP contribution is 2.19. The predicted octanol–water partition coefficient (Wildman–Crippen LogP) is 2.16. The van der Waals surface area contributed by atoms with Crippen LogP contribution in [-0.4, -0.2) is 36.8 Å². The number of aliphatic hydroxyl groups excluding tert-OH is 1. The topological polar surface area (TPSA) is 70.6 Å². The van der Waals surface area contributed by atoms with Crippen LogP contribution in [0.2, 0.25) is 5.02 Å². The van der Waals surface area contributed by atoms with E-state index in [1.807, 2.05) is 48.5 Å². The summed E-state index contributed by atoms with van der Waals surface area (Å²) in [5, 5.41) is 16.4. The summed E-state index contributed by atoms with van der Waals surface area (Å²) in [5.41, 5.74) is 1.80. The number of rotatable bonds is 7. The van der Waals surface area contributed by atoms with Crippen molar-refractivity contribution in [3.63, 3.8) is 0 Å². The second-order valence-corrected chi connectivity index (χ2v) is 6.90. The molecule has 1 heterocycles. The molecule has 0 spiro atoms. The number of halogens is 1. The van der Waals surface area contributed by atoms with E-state index in [0.717, 1.165) is 17.7 Å². The third-order valence-corrected chi connectivity index (χ3v) is 4.85. The highest BCUT2D eigenvalue weighted by Gasteiger charge is 2.24. The molecule has 1 aliphatic heterocycles. The second kappa shape index (κ2) is 9.03. The first-order valence-electron chi connectivity index (χ1n) is 8.72. The zero-order chi connectivity index (χ0) is 18.4. The van der Waals surface area contributed by atoms with Crippen molar-refractivity contribution in [1.82, 2.24) is 10.6 Å². The van der Waals surface area contributed by atoms with E-state index < -0.39 is 6.10 Å². The minimum absolute atomic E-state index is 0.0626. The normalized spacial score (nSPS) is 19.3. The number of β-amino-alcohol motifs (C(OH)–C–C–N with tert-alkyl or cyclic N) is 1. The molecule has 1 saturated heterocycles. The van der Waals surface area contributed by atoms with Crippen LogP contribution in [0.4, 0.5) is 0 Å². The molecule has 138 valence electrons. The Bertz CT molecular complexity index is 753. The van der Waals surface area contributed by atoms with Gasteiger partial charge in [-0.05, 0) is 23.8 Å². The molecule has 0 bridgehead atoms. The average molecular weight is 375 g/mol. The van der Waals surface area contributed by atoms with Crippen LogP contribution in [0, 0.1) is 5.92 Å². The first-order chi connectivity index (χ1) is 12.6. The SMILES string of the molecule is O=C(Cc1cccc(OCc2ccccc2Cl)c1)NCC1CNCC1O. The quantitative estimate of drug-likeness (QED) is 0.694. The Balaban J connectivity index is 1.50. The molecule has 0 aromatic heterocycles. The molecule has 1 amide bonds. The lowest BCUT2D eigenvalue weighted by Crippen LogP contribution is -2.35. The van der Waals surface area contributed by atoms with Gasteiger partial charge in [0.05, 0.1) is 12.5 Å². The number of benzene rings is 2. The molecule has 26 heavy (non-hydrogen) atoms. The summed E-state index contributed by atoms with van der Waals surface area (Å²) < 4.78 is 5.79. The first-order valence-corrected chi connectivity index (χ1v) is 9.10. The molecule has 2 aromatic carbocycles. The smallest absolute Gasteiger partial charge is 0.224 e. The van der Waals surface area contributed by atoms with Crippen molar-refractivity contribution in [2.45, 2.75) is 19.1 Å². The van der Waals surface area contributed by atoms with Crippen molar-refractivity contribution in [3.8, 4) is 5.75 Å². The van der Waals surface area contributed by atoms with Gasteiger partial charge in [-0.3, -0.25) is 4.79 Å². The van der Waals surface area contributed by atoms with E-state index in [9.17, 15) is 9.90 Å². The van der Waals surface area contributed by atoms with Crippen LogP contribution in [0.3, 0.4) is 0 Å². The van der Waals surface area contributed by atoms with Crippen LogP contribution in [-0.2, 0) is 17.8 Å². The summed E-state index contributed by atoms with van der Waals surface area (Å²) in [5.74, 6) is 0.710. The zero-order valence-corrected chi connectivity index (χ0v) is 15.2. The molecule has 0 aliphatic carbocycles. The van der Waals surface area contributed by atoms with Gasteiger partial charge in [-0.15, -0.1) is 0 Å². The minimum Gasteiger partial charge on any atom is -0.489 e. The summed E-state index contributed by atoms with van der Waals surface area (Å²) in [6.45, 7) is 2.18. The van der Waals surface area contributed by atoms with Crippen molar-refractivity contribution in [2.24, 2.45) is 5.92 Å². The Hall–Kier alpha value is -2.08. The van der Waals surface area contributed by atoms with E-state index in [-0.39, 0.29) is 18.2 Å². The van der Waals surface area contributed by atoms with Gasteiger partial charge in [-0.25, -0.2) is 0 Å². The molecular formula is C20H23ClN2O3. The molecule has 5 nitrogen and oxygen atoms in total. The first kappa shape index (κ1) is 18.7. The fourth-order valence-corrected chi connectivity index (χ4v) is 3.13. The summed E-state index contributed by atoms with van der Waals surface area (Å²) >= 11 is 6.13. The van der Waals surface area contributed by atoms with Crippen LogP contribution in [0.1, 0.15) is 11.1 Å². The van der Waals surface area contributed by atoms with E-state index in [1.165, 1.54) is 0 Å². The van der Waals surface area contributed by atoms with E-state index in [2.05, 4.69) is 10.6 Å². The number of carbonyl (C=O) groups excluding carboxylic acids is 1. The summed E-state index contributed by atoms with van der Waals surface area (Å²) in [4.78, 5) is 12.1. The lowest BCUT2D eigenvalue weighted by molar-refractivity contribution is -0.120. The van der Waals surface area contributed by atoms with Crippen LogP contribution >= 0.6 is 11.6 Å². The molecule has 0 radical (unpaired) electrons. The lowest BCUT2D eigenvalue weighted by Gasteiger charge is -2.14. The maximum absolute atomic E-state index is 12.1. The fourth-order valence-electron chi connectivity index (χ4n) is 2.94. The van der Waals surface area contributed by atoms with Crippen LogP contribution in [0.15, 0.2) is 48.5 Å². The molecule has 0 saturated carbocycles. The summed E-state index contributed by atoms with van der Waals surface area (Å²) in [7, 11) is 0. The van der Waals surface area contributed by atoms with Gasteiger partial charge in [0.15, 0.2) is 0 Å². The van der Waals surface area contributed by atoms with Crippen molar-refractivity contribution in [3.05, 3.63) is 64.7 Å². The van der Waals surface area contributed by atoms with Gasteiger partial charge < -0.3 is 20.5 Å². The number of aliphatic hydroxyl groups is 1. The molecule has 2 unspecified atom stereocenters. The molecule has 3 N–H and O–H groups in total. The Morgan fingerprint density at radius 2 is 2.08 bits per heavy atom. The van der Waals surface area contributed by atoms with Crippen molar-refractivity contribution < 1.29 is 14.6 Å². The number of amides is 1. The molecular weight excluding hydrogens is 352 g/mol. The van der Waals surface area contributed by atoms with Crippen LogP contribution < -0.4 is 15.4 Å². The summed E-state index contributed by atoms with van der Waals surface area (Å²) in [6.07, 6.45) is -0.114. The molecule has 2 atom stereocenters. The highest BCUT2D eigenvalue weighted by molar-refractivity contribution is 6.31. The largest absolute Gasteiger partial charge is 0.489 e.